The van der Waals surface area contributed by atoms with Gasteiger partial charge in [0.05, 0.1) is 17.1 Å². The number of ether oxygens (including phenoxy) is 1. The Bertz CT molecular complexity index is 1590. The van der Waals surface area contributed by atoms with Crippen LogP contribution in [0.3, 0.4) is 0 Å². The Morgan fingerprint density at radius 2 is 1.37 bits per heavy atom. The lowest BCUT2D eigenvalue weighted by molar-refractivity contribution is -0.128. The summed E-state index contributed by atoms with van der Waals surface area (Å²) >= 11 is 0. The van der Waals surface area contributed by atoms with Crippen LogP contribution in [0.4, 0.5) is 5.69 Å². The summed E-state index contributed by atoms with van der Waals surface area (Å²) in [4.78, 5) is 28.1. The Balaban J connectivity index is 1.19. The van der Waals surface area contributed by atoms with Crippen molar-refractivity contribution in [2.75, 3.05) is 11.4 Å². The average Bonchev–Trinajstić information content (AvgIpc) is 3.02. The predicted octanol–water partition coefficient (Wildman–Crippen LogP) is 4.21. The molecule has 2 N–H and O–H groups in total. The lowest BCUT2D eigenvalue weighted by Crippen LogP contribution is -2.50. The van der Waals surface area contributed by atoms with Crippen LogP contribution in [0.2, 0.25) is 0 Å². The van der Waals surface area contributed by atoms with Gasteiger partial charge in [-0.3, -0.25) is 9.59 Å². The van der Waals surface area contributed by atoms with Crippen molar-refractivity contribution >= 4 is 27.5 Å². The largest absolute Gasteiger partial charge is 0.477 e. The quantitative estimate of drug-likeness (QED) is 0.298. The first-order valence-electron chi connectivity index (χ1n) is 13.4. The van der Waals surface area contributed by atoms with Crippen molar-refractivity contribution in [1.82, 2.24) is 10.0 Å². The van der Waals surface area contributed by atoms with Gasteiger partial charge in [0.1, 0.15) is 5.75 Å². The third-order valence-electron chi connectivity index (χ3n) is 6.85. The molecule has 1 atom stereocenters. The molecule has 41 heavy (non-hydrogen) atoms. The van der Waals surface area contributed by atoms with Crippen LogP contribution in [-0.2, 0) is 39.1 Å². The zero-order valence-corrected chi connectivity index (χ0v) is 23.2. The van der Waals surface area contributed by atoms with Gasteiger partial charge in [0, 0.05) is 19.5 Å². The molecule has 4 aromatic carbocycles. The summed E-state index contributed by atoms with van der Waals surface area (Å²) in [7, 11) is -3.67. The molecule has 1 aliphatic rings. The molecule has 0 aliphatic carbocycles. The number of fused-ring (bicyclic) bond motifs is 1. The van der Waals surface area contributed by atoms with Gasteiger partial charge in [0.15, 0.2) is 6.10 Å². The highest BCUT2D eigenvalue weighted by Crippen LogP contribution is 2.33. The molecule has 5 rings (SSSR count). The van der Waals surface area contributed by atoms with E-state index in [0.29, 0.717) is 24.4 Å². The summed E-state index contributed by atoms with van der Waals surface area (Å²) in [6.07, 6.45) is -0.239. The molecule has 210 valence electrons. The third-order valence-corrected chi connectivity index (χ3v) is 8.26. The highest BCUT2D eigenvalue weighted by molar-refractivity contribution is 7.89. The van der Waals surface area contributed by atoms with Gasteiger partial charge in [-0.1, -0.05) is 84.9 Å². The Kier molecular flexibility index (Phi) is 8.76. The first kappa shape index (κ1) is 28.1. The molecule has 0 spiro atoms. The van der Waals surface area contributed by atoms with Crippen LogP contribution in [0.5, 0.6) is 5.75 Å². The van der Waals surface area contributed by atoms with E-state index in [9.17, 15) is 18.0 Å². The van der Waals surface area contributed by atoms with Crippen LogP contribution in [0.25, 0.3) is 0 Å². The molecule has 0 radical (unpaired) electrons. The maximum absolute atomic E-state index is 13.4. The van der Waals surface area contributed by atoms with E-state index in [1.54, 1.807) is 47.4 Å². The van der Waals surface area contributed by atoms with Crippen molar-refractivity contribution in [1.29, 1.82) is 0 Å². The molecule has 8 nitrogen and oxygen atoms in total. The second-order valence-corrected chi connectivity index (χ2v) is 11.5. The SMILES string of the molecule is O=C(NCc1ccccc1)[C@H]1CN(C(=O)CCc2ccc(S(=O)(=O)NCc3ccccc3)cc2)c2ccccc2O1. The van der Waals surface area contributed by atoms with Gasteiger partial charge in [-0.2, -0.15) is 0 Å². The van der Waals surface area contributed by atoms with E-state index in [2.05, 4.69) is 10.0 Å². The monoisotopic (exact) mass is 569 g/mol. The average molecular weight is 570 g/mol. The van der Waals surface area contributed by atoms with Crippen molar-refractivity contribution in [2.24, 2.45) is 0 Å². The molecule has 0 bridgehead atoms. The van der Waals surface area contributed by atoms with E-state index in [4.69, 9.17) is 4.74 Å². The van der Waals surface area contributed by atoms with Crippen LogP contribution < -0.4 is 19.7 Å². The second kappa shape index (κ2) is 12.8. The molecular weight excluding hydrogens is 538 g/mol. The van der Waals surface area contributed by atoms with Gasteiger partial charge in [0.25, 0.3) is 5.91 Å². The first-order valence-corrected chi connectivity index (χ1v) is 14.9. The van der Waals surface area contributed by atoms with Crippen molar-refractivity contribution < 1.29 is 22.7 Å². The van der Waals surface area contributed by atoms with E-state index in [0.717, 1.165) is 16.7 Å². The minimum absolute atomic E-state index is 0.0980. The molecule has 9 heteroatoms. The number of benzene rings is 4. The van der Waals surface area contributed by atoms with Gasteiger partial charge < -0.3 is 15.0 Å². The first-order chi connectivity index (χ1) is 19.9. The summed E-state index contributed by atoms with van der Waals surface area (Å²) in [5.74, 6) is 0.0335. The number of rotatable bonds is 10. The molecule has 2 amide bonds. The highest BCUT2D eigenvalue weighted by Gasteiger charge is 2.33. The number of anilines is 1. The topological polar surface area (TPSA) is 105 Å². The molecule has 0 aromatic heterocycles. The zero-order valence-electron chi connectivity index (χ0n) is 22.4. The number of hydrogen-bond acceptors (Lipinski definition) is 5. The van der Waals surface area contributed by atoms with Crippen LogP contribution in [-0.4, -0.2) is 32.9 Å². The Morgan fingerprint density at radius 1 is 0.756 bits per heavy atom. The Morgan fingerprint density at radius 3 is 2.05 bits per heavy atom. The number of hydrogen-bond donors (Lipinski definition) is 2. The number of carbonyl (C=O) groups excluding carboxylic acids is 2. The van der Waals surface area contributed by atoms with Gasteiger partial charge in [-0.05, 0) is 47.4 Å². The minimum Gasteiger partial charge on any atom is -0.477 e. The maximum atomic E-state index is 13.4. The van der Waals surface area contributed by atoms with Gasteiger partial charge in [-0.15, -0.1) is 0 Å². The number of nitrogens with zero attached hydrogens (tertiary/aromatic N) is 1. The Hall–Kier alpha value is -4.47. The fraction of sp³-hybridized carbons (Fsp3) is 0.188. The molecule has 1 heterocycles. The summed E-state index contributed by atoms with van der Waals surface area (Å²) in [5.41, 5.74) is 3.29. The third kappa shape index (κ3) is 7.19. The van der Waals surface area contributed by atoms with Crippen LogP contribution in [0, 0.1) is 0 Å². The number of amides is 2. The fourth-order valence-electron chi connectivity index (χ4n) is 4.59. The van der Waals surface area contributed by atoms with E-state index in [-0.39, 0.29) is 36.2 Å². The number of sulfonamides is 1. The lowest BCUT2D eigenvalue weighted by Gasteiger charge is -2.34. The summed E-state index contributed by atoms with van der Waals surface area (Å²) in [5, 5.41) is 2.90. The van der Waals surface area contributed by atoms with Gasteiger partial charge in [0.2, 0.25) is 15.9 Å². The smallest absolute Gasteiger partial charge is 0.263 e. The molecule has 4 aromatic rings. The summed E-state index contributed by atoms with van der Waals surface area (Å²) in [6.45, 7) is 0.662. The number of carbonyl (C=O) groups is 2. The van der Waals surface area contributed by atoms with E-state index in [1.807, 2.05) is 66.7 Å². The zero-order chi connectivity index (χ0) is 28.7. The molecule has 0 fully saturated rings. The number of nitrogens with one attached hydrogen (secondary N) is 2. The minimum atomic E-state index is -3.67. The van der Waals surface area contributed by atoms with Crippen LogP contribution >= 0.6 is 0 Å². The summed E-state index contributed by atoms with van der Waals surface area (Å²) in [6, 6.07) is 32.6. The van der Waals surface area contributed by atoms with E-state index < -0.39 is 16.1 Å². The maximum Gasteiger partial charge on any atom is 0.263 e. The Labute approximate surface area is 240 Å². The van der Waals surface area contributed by atoms with Crippen molar-refractivity contribution in [3.63, 3.8) is 0 Å². The number of aryl methyl sites for hydroxylation is 1. The summed E-state index contributed by atoms with van der Waals surface area (Å²) < 4.78 is 34.0. The molecule has 0 unspecified atom stereocenters. The number of para-hydroxylation sites is 2. The lowest BCUT2D eigenvalue weighted by atomic mass is 10.1. The van der Waals surface area contributed by atoms with E-state index in [1.165, 1.54) is 0 Å². The predicted molar refractivity (Wildman–Crippen MR) is 157 cm³/mol. The standard InChI is InChI=1S/C32H31N3O5S/c36-31(20-17-24-15-18-27(19-16-24)41(38,39)34-22-26-11-5-2-6-12-26)35-23-30(40-29-14-8-7-13-28(29)35)32(37)33-21-25-9-3-1-4-10-25/h1-16,18-19,30,34H,17,20-23H2,(H,33,37)/t30-/m1/s1. The van der Waals surface area contributed by atoms with Gasteiger partial charge >= 0.3 is 0 Å². The van der Waals surface area contributed by atoms with E-state index >= 15 is 0 Å². The van der Waals surface area contributed by atoms with Gasteiger partial charge in [-0.25, -0.2) is 13.1 Å². The molecule has 0 saturated carbocycles. The normalized spacial score (nSPS) is 14.5. The highest BCUT2D eigenvalue weighted by atomic mass is 32.2. The van der Waals surface area contributed by atoms with Crippen LogP contribution in [0.15, 0.2) is 114 Å². The second-order valence-electron chi connectivity index (χ2n) is 9.74. The molecule has 1 aliphatic heterocycles. The molecule has 0 saturated heterocycles. The van der Waals surface area contributed by atoms with Crippen molar-refractivity contribution in [2.45, 2.75) is 36.9 Å². The fourth-order valence-corrected chi connectivity index (χ4v) is 5.60. The van der Waals surface area contributed by atoms with Crippen molar-refractivity contribution in [3.8, 4) is 5.75 Å². The van der Waals surface area contributed by atoms with Crippen molar-refractivity contribution in [3.05, 3.63) is 126 Å². The molecular formula is C32H31N3O5S. The van der Waals surface area contributed by atoms with Crippen LogP contribution in [0.1, 0.15) is 23.1 Å².